The number of aromatic amines is 1. The first-order valence-electron chi connectivity index (χ1n) is 12.6. The molecule has 0 saturated carbocycles. The maximum Gasteiger partial charge on any atom is 0.252 e. The highest BCUT2D eigenvalue weighted by Crippen LogP contribution is 2.38. The summed E-state index contributed by atoms with van der Waals surface area (Å²) in [5.74, 6) is 0.294. The fourth-order valence-corrected chi connectivity index (χ4v) is 5.76. The van der Waals surface area contributed by atoms with Crippen molar-refractivity contribution >= 4 is 16.8 Å². The number of rotatable bonds is 4. The molecule has 4 aromatic rings. The number of aromatic hydroxyl groups is 1. The van der Waals surface area contributed by atoms with Gasteiger partial charge in [-0.15, -0.1) is 0 Å². The lowest BCUT2D eigenvalue weighted by molar-refractivity contribution is 0.0966. The normalized spacial score (nSPS) is 16.0. The number of fused-ring (bicyclic) bond motifs is 2. The molecule has 178 valence electrons. The molecule has 0 atom stereocenters. The van der Waals surface area contributed by atoms with E-state index in [1.54, 1.807) is 0 Å². The van der Waals surface area contributed by atoms with Crippen molar-refractivity contribution in [3.05, 3.63) is 76.3 Å². The smallest absolute Gasteiger partial charge is 0.252 e. The third kappa shape index (κ3) is 3.90. The third-order valence-electron chi connectivity index (χ3n) is 7.60. The summed E-state index contributed by atoms with van der Waals surface area (Å²) < 4.78 is 0. The van der Waals surface area contributed by atoms with Crippen molar-refractivity contribution in [2.24, 2.45) is 0 Å². The Hall–Kier alpha value is -3.57. The van der Waals surface area contributed by atoms with Crippen molar-refractivity contribution < 1.29 is 9.90 Å². The monoisotopic (exact) mass is 465 g/mol. The number of aromatic nitrogens is 1. The highest BCUT2D eigenvalue weighted by molar-refractivity contribution is 6.07. The van der Waals surface area contributed by atoms with Crippen LogP contribution in [0.3, 0.4) is 0 Å². The number of nitrogens with one attached hydrogen (secondary N) is 2. The molecule has 3 heterocycles. The van der Waals surface area contributed by atoms with Crippen LogP contribution in [0.1, 0.15) is 51.9 Å². The molecule has 5 heteroatoms. The number of piperidine rings is 1. The van der Waals surface area contributed by atoms with E-state index in [1.165, 1.54) is 43.3 Å². The molecule has 1 fully saturated rings. The summed E-state index contributed by atoms with van der Waals surface area (Å²) in [7, 11) is 0. The number of nitrogens with zero attached hydrogens (tertiary/aromatic N) is 1. The summed E-state index contributed by atoms with van der Waals surface area (Å²) >= 11 is 0. The van der Waals surface area contributed by atoms with Crippen molar-refractivity contribution in [1.82, 2.24) is 15.2 Å². The molecule has 0 spiro atoms. The molecule has 5 nitrogen and oxygen atoms in total. The van der Waals surface area contributed by atoms with Crippen molar-refractivity contribution in [2.45, 2.75) is 46.2 Å². The molecule has 35 heavy (non-hydrogen) atoms. The molecular formula is C30H31N3O2. The average Bonchev–Trinajstić information content (AvgIpc) is 3.46. The van der Waals surface area contributed by atoms with Crippen LogP contribution in [-0.2, 0) is 13.1 Å². The quantitative estimate of drug-likeness (QED) is 0.343. The SMILES string of the molecule is Cc1cc(-c2ccc(-c3cc4cc(CN5CCCCC5)ccc4[nH]3)c3c2CNC3=O)cc(C)c1O. The number of benzene rings is 3. The van der Waals surface area contributed by atoms with E-state index in [9.17, 15) is 9.90 Å². The number of carbonyl (C=O) groups excluding carboxylic acids is 1. The maximum atomic E-state index is 13.0. The lowest BCUT2D eigenvalue weighted by Gasteiger charge is -2.26. The van der Waals surface area contributed by atoms with Gasteiger partial charge in [-0.3, -0.25) is 9.69 Å². The number of H-pyrrole nitrogens is 1. The highest BCUT2D eigenvalue weighted by atomic mass is 16.3. The van der Waals surface area contributed by atoms with Crippen LogP contribution in [0.4, 0.5) is 0 Å². The molecular weight excluding hydrogens is 434 g/mol. The lowest BCUT2D eigenvalue weighted by Crippen LogP contribution is -2.28. The number of amides is 1. The van der Waals surface area contributed by atoms with E-state index in [-0.39, 0.29) is 5.91 Å². The third-order valence-corrected chi connectivity index (χ3v) is 7.60. The molecule has 0 aliphatic carbocycles. The summed E-state index contributed by atoms with van der Waals surface area (Å²) in [6.07, 6.45) is 3.94. The molecule has 1 saturated heterocycles. The Kier molecular flexibility index (Phi) is 5.37. The van der Waals surface area contributed by atoms with Crippen LogP contribution in [0.25, 0.3) is 33.3 Å². The number of carbonyl (C=O) groups is 1. The standard InChI is InChI=1S/C30H31N3O2/c1-18-12-21(13-19(2)29(18)34)23-7-8-24(28-25(23)16-31-30(28)35)27-15-22-14-20(6-9-26(22)32-27)17-33-10-4-3-5-11-33/h6-9,12-15,32,34H,3-5,10-11,16-17H2,1-2H3,(H,31,35). The topological polar surface area (TPSA) is 68.4 Å². The summed E-state index contributed by atoms with van der Waals surface area (Å²) in [5.41, 5.74) is 9.81. The van der Waals surface area contributed by atoms with Gasteiger partial charge in [0, 0.05) is 35.2 Å². The molecule has 1 aromatic heterocycles. The lowest BCUT2D eigenvalue weighted by atomic mass is 9.90. The van der Waals surface area contributed by atoms with Crippen LogP contribution in [0.15, 0.2) is 48.5 Å². The molecule has 0 radical (unpaired) electrons. The highest BCUT2D eigenvalue weighted by Gasteiger charge is 2.27. The van der Waals surface area contributed by atoms with Gasteiger partial charge in [-0.1, -0.05) is 24.6 Å². The Morgan fingerprint density at radius 1 is 0.914 bits per heavy atom. The minimum atomic E-state index is -0.0338. The molecule has 3 N–H and O–H groups in total. The van der Waals surface area contributed by atoms with Gasteiger partial charge in [0.1, 0.15) is 5.75 Å². The predicted molar refractivity (Wildman–Crippen MR) is 141 cm³/mol. The van der Waals surface area contributed by atoms with Gasteiger partial charge < -0.3 is 15.4 Å². The minimum absolute atomic E-state index is 0.0338. The van der Waals surface area contributed by atoms with E-state index in [4.69, 9.17) is 0 Å². The second-order valence-corrected chi connectivity index (χ2v) is 10.1. The fourth-order valence-electron chi connectivity index (χ4n) is 5.76. The Balaban J connectivity index is 1.39. The van der Waals surface area contributed by atoms with E-state index in [2.05, 4.69) is 51.6 Å². The van der Waals surface area contributed by atoms with E-state index < -0.39 is 0 Å². The predicted octanol–water partition coefficient (Wildman–Crippen LogP) is 6.05. The Labute approximate surface area is 205 Å². The first kappa shape index (κ1) is 21.9. The van der Waals surface area contributed by atoms with E-state index in [0.29, 0.717) is 12.3 Å². The zero-order chi connectivity index (χ0) is 24.1. The maximum absolute atomic E-state index is 13.0. The summed E-state index contributed by atoms with van der Waals surface area (Å²) in [5, 5.41) is 14.4. The number of hydrogen-bond donors (Lipinski definition) is 3. The Morgan fingerprint density at radius 2 is 1.66 bits per heavy atom. The van der Waals surface area contributed by atoms with Gasteiger partial charge in [-0.2, -0.15) is 0 Å². The van der Waals surface area contributed by atoms with E-state index in [1.807, 2.05) is 26.0 Å². The summed E-state index contributed by atoms with van der Waals surface area (Å²) in [6.45, 7) is 7.70. The van der Waals surface area contributed by atoms with Gasteiger partial charge in [0.25, 0.3) is 5.91 Å². The number of likely N-dealkylation sites (tertiary alicyclic amines) is 1. The van der Waals surface area contributed by atoms with Gasteiger partial charge in [-0.05, 0) is 103 Å². The Bertz CT molecular complexity index is 1440. The van der Waals surface area contributed by atoms with Crippen molar-refractivity contribution in [3.63, 3.8) is 0 Å². The fraction of sp³-hybridized carbons (Fsp3) is 0.300. The molecule has 0 bridgehead atoms. The van der Waals surface area contributed by atoms with Crippen molar-refractivity contribution in [3.8, 4) is 28.1 Å². The first-order valence-corrected chi connectivity index (χ1v) is 12.6. The van der Waals surface area contributed by atoms with Gasteiger partial charge in [0.15, 0.2) is 0 Å². The molecule has 2 aliphatic heterocycles. The van der Waals surface area contributed by atoms with Crippen LogP contribution in [0, 0.1) is 13.8 Å². The molecule has 2 aliphatic rings. The number of aryl methyl sites for hydroxylation is 2. The van der Waals surface area contributed by atoms with Crippen LogP contribution >= 0.6 is 0 Å². The zero-order valence-corrected chi connectivity index (χ0v) is 20.4. The Morgan fingerprint density at radius 3 is 2.43 bits per heavy atom. The minimum Gasteiger partial charge on any atom is -0.507 e. The van der Waals surface area contributed by atoms with Crippen LogP contribution in [-0.4, -0.2) is 34.0 Å². The van der Waals surface area contributed by atoms with Gasteiger partial charge >= 0.3 is 0 Å². The average molecular weight is 466 g/mol. The largest absolute Gasteiger partial charge is 0.507 e. The molecule has 1 amide bonds. The first-order chi connectivity index (χ1) is 17.0. The van der Waals surface area contributed by atoms with Crippen LogP contribution < -0.4 is 5.32 Å². The summed E-state index contributed by atoms with van der Waals surface area (Å²) in [4.78, 5) is 19.0. The molecule has 0 unspecified atom stereocenters. The zero-order valence-electron chi connectivity index (χ0n) is 20.4. The van der Waals surface area contributed by atoms with E-state index >= 15 is 0 Å². The molecule has 3 aromatic carbocycles. The van der Waals surface area contributed by atoms with Crippen molar-refractivity contribution in [1.29, 1.82) is 0 Å². The van der Waals surface area contributed by atoms with Gasteiger partial charge in [-0.25, -0.2) is 0 Å². The molecule has 6 rings (SSSR count). The van der Waals surface area contributed by atoms with E-state index in [0.717, 1.165) is 56.7 Å². The van der Waals surface area contributed by atoms with Crippen LogP contribution in [0.5, 0.6) is 5.75 Å². The van der Waals surface area contributed by atoms with Crippen LogP contribution in [0.2, 0.25) is 0 Å². The second kappa shape index (κ2) is 8.58. The number of phenolic OH excluding ortho intramolecular Hbond substituents is 1. The second-order valence-electron chi connectivity index (χ2n) is 10.1. The van der Waals surface area contributed by atoms with Gasteiger partial charge in [0.05, 0.1) is 5.56 Å². The van der Waals surface area contributed by atoms with Crippen molar-refractivity contribution in [2.75, 3.05) is 13.1 Å². The van der Waals surface area contributed by atoms with Gasteiger partial charge in [0.2, 0.25) is 0 Å². The summed E-state index contributed by atoms with van der Waals surface area (Å²) in [6, 6.07) is 17.0. The number of phenols is 1. The number of hydrogen-bond acceptors (Lipinski definition) is 3.